The maximum Gasteiger partial charge on any atom is 0.327 e. The summed E-state index contributed by atoms with van der Waals surface area (Å²) in [5.41, 5.74) is -0.136. The van der Waals surface area contributed by atoms with Crippen LogP contribution in [0.3, 0.4) is 0 Å². The van der Waals surface area contributed by atoms with Gasteiger partial charge < -0.3 is 4.74 Å². The Morgan fingerprint density at radius 2 is 2.05 bits per heavy atom. The average Bonchev–Trinajstić information content (AvgIpc) is 2.36. The summed E-state index contributed by atoms with van der Waals surface area (Å²) < 4.78 is 4.79. The molecule has 1 aromatic carbocycles. The van der Waals surface area contributed by atoms with Gasteiger partial charge in [0.15, 0.2) is 11.0 Å². The van der Waals surface area contributed by atoms with Crippen LogP contribution in [0.4, 0.5) is 5.69 Å². The van der Waals surface area contributed by atoms with Gasteiger partial charge in [0.2, 0.25) is 0 Å². The topological polar surface area (TPSA) is 86.5 Å². The summed E-state index contributed by atoms with van der Waals surface area (Å²) in [4.78, 5) is 33.7. The number of thioether (sulfide) groups is 1. The number of para-hydroxylation sites is 1. The molecule has 0 bridgehead atoms. The highest BCUT2D eigenvalue weighted by atomic mass is 32.2. The number of ether oxygens (including phenoxy) is 1. The number of nitro benzene ring substituents is 1. The second kappa shape index (κ2) is 6.89. The molecule has 1 rings (SSSR count). The zero-order chi connectivity index (χ0) is 14.4. The van der Waals surface area contributed by atoms with Crippen LogP contribution in [0.5, 0.6) is 0 Å². The lowest BCUT2D eigenvalue weighted by Crippen LogP contribution is -2.27. The van der Waals surface area contributed by atoms with Gasteiger partial charge >= 0.3 is 5.97 Å². The van der Waals surface area contributed by atoms with Crippen molar-refractivity contribution >= 4 is 29.2 Å². The SMILES string of the molecule is CCOC(=O)C(Sc1ccccc1[N+](=O)[O-])C(C)=O. The van der Waals surface area contributed by atoms with E-state index in [2.05, 4.69) is 0 Å². The highest BCUT2D eigenvalue weighted by molar-refractivity contribution is 8.01. The summed E-state index contributed by atoms with van der Waals surface area (Å²) >= 11 is 0.834. The highest BCUT2D eigenvalue weighted by Gasteiger charge is 2.28. The number of hydrogen-bond donors (Lipinski definition) is 0. The summed E-state index contributed by atoms with van der Waals surface area (Å²) in [6.07, 6.45) is 0. The maximum atomic E-state index is 11.6. The third-order valence-electron chi connectivity index (χ3n) is 2.18. The first-order chi connectivity index (χ1) is 8.97. The van der Waals surface area contributed by atoms with Crippen molar-refractivity contribution < 1.29 is 19.2 Å². The third kappa shape index (κ3) is 4.06. The Kier molecular flexibility index (Phi) is 5.50. The largest absolute Gasteiger partial charge is 0.465 e. The van der Waals surface area contributed by atoms with Gasteiger partial charge in [-0.15, -0.1) is 0 Å². The van der Waals surface area contributed by atoms with Crippen LogP contribution >= 0.6 is 11.8 Å². The molecular formula is C12H13NO5S. The van der Waals surface area contributed by atoms with Crippen molar-refractivity contribution in [2.24, 2.45) is 0 Å². The minimum Gasteiger partial charge on any atom is -0.465 e. The first kappa shape index (κ1) is 15.2. The molecule has 0 fully saturated rings. The van der Waals surface area contributed by atoms with Gasteiger partial charge in [-0.25, -0.2) is 0 Å². The lowest BCUT2D eigenvalue weighted by atomic mass is 10.3. The van der Waals surface area contributed by atoms with Crippen LogP contribution in [-0.4, -0.2) is 28.5 Å². The lowest BCUT2D eigenvalue weighted by molar-refractivity contribution is -0.387. The van der Waals surface area contributed by atoms with Gasteiger partial charge in [-0.2, -0.15) is 0 Å². The van der Waals surface area contributed by atoms with Crippen LogP contribution in [0.25, 0.3) is 0 Å². The average molecular weight is 283 g/mol. The van der Waals surface area contributed by atoms with E-state index in [-0.39, 0.29) is 17.2 Å². The van der Waals surface area contributed by atoms with Gasteiger partial charge in [0.05, 0.1) is 16.4 Å². The number of hydrogen-bond acceptors (Lipinski definition) is 6. The third-order valence-corrected chi connectivity index (χ3v) is 3.54. The smallest absolute Gasteiger partial charge is 0.327 e. The first-order valence-corrected chi connectivity index (χ1v) is 6.42. The van der Waals surface area contributed by atoms with Gasteiger partial charge in [-0.3, -0.25) is 19.7 Å². The van der Waals surface area contributed by atoms with Gasteiger partial charge in [0, 0.05) is 6.07 Å². The molecule has 1 atom stereocenters. The Morgan fingerprint density at radius 3 is 2.58 bits per heavy atom. The summed E-state index contributed by atoms with van der Waals surface area (Å²) in [5, 5.41) is 9.78. The van der Waals surface area contributed by atoms with Crippen molar-refractivity contribution in [1.29, 1.82) is 0 Å². The van der Waals surface area contributed by atoms with E-state index in [1.807, 2.05) is 0 Å². The molecule has 0 N–H and O–H groups in total. The molecule has 0 saturated heterocycles. The van der Waals surface area contributed by atoms with Crippen LogP contribution < -0.4 is 0 Å². The molecule has 0 amide bonds. The van der Waals surface area contributed by atoms with Crippen molar-refractivity contribution in [3.8, 4) is 0 Å². The van der Waals surface area contributed by atoms with Crippen LogP contribution in [0.2, 0.25) is 0 Å². The second-order valence-corrected chi connectivity index (χ2v) is 4.73. The number of esters is 1. The van der Waals surface area contributed by atoms with E-state index in [1.165, 1.54) is 25.1 Å². The highest BCUT2D eigenvalue weighted by Crippen LogP contribution is 2.32. The number of ketones is 1. The van der Waals surface area contributed by atoms with Crippen molar-refractivity contribution in [2.75, 3.05) is 6.61 Å². The zero-order valence-electron chi connectivity index (χ0n) is 10.5. The minimum atomic E-state index is -1.08. The molecule has 0 aromatic heterocycles. The van der Waals surface area contributed by atoms with E-state index < -0.39 is 21.9 Å². The van der Waals surface area contributed by atoms with E-state index in [0.717, 1.165) is 11.8 Å². The molecule has 0 radical (unpaired) electrons. The lowest BCUT2D eigenvalue weighted by Gasteiger charge is -2.12. The van der Waals surface area contributed by atoms with Gasteiger partial charge in [-0.05, 0) is 19.9 Å². The number of carbonyl (C=O) groups excluding carboxylic acids is 2. The molecule has 0 heterocycles. The fraction of sp³-hybridized carbons (Fsp3) is 0.333. The van der Waals surface area contributed by atoms with Gasteiger partial charge in [0.25, 0.3) is 5.69 Å². The van der Waals surface area contributed by atoms with Crippen molar-refractivity contribution in [1.82, 2.24) is 0 Å². The fourth-order valence-electron chi connectivity index (χ4n) is 1.35. The van der Waals surface area contributed by atoms with Crippen molar-refractivity contribution in [2.45, 2.75) is 24.0 Å². The number of Topliss-reactive ketones (excluding diaryl/α,β-unsaturated/α-hetero) is 1. The Morgan fingerprint density at radius 1 is 1.42 bits per heavy atom. The van der Waals surface area contributed by atoms with E-state index >= 15 is 0 Å². The summed E-state index contributed by atoms with van der Waals surface area (Å²) in [6.45, 7) is 3.04. The van der Waals surface area contributed by atoms with Crippen molar-refractivity contribution in [3.63, 3.8) is 0 Å². The molecule has 0 spiro atoms. The predicted octanol–water partition coefficient (Wildman–Crippen LogP) is 2.21. The van der Waals surface area contributed by atoms with E-state index in [9.17, 15) is 19.7 Å². The second-order valence-electron chi connectivity index (χ2n) is 3.59. The number of rotatable bonds is 6. The maximum absolute atomic E-state index is 11.6. The predicted molar refractivity (Wildman–Crippen MR) is 70.1 cm³/mol. The van der Waals surface area contributed by atoms with E-state index in [4.69, 9.17) is 4.74 Å². The van der Waals surface area contributed by atoms with Crippen LogP contribution in [-0.2, 0) is 14.3 Å². The van der Waals surface area contributed by atoms with Crippen molar-refractivity contribution in [3.05, 3.63) is 34.4 Å². The molecular weight excluding hydrogens is 270 g/mol. The number of nitrogens with zero attached hydrogens (tertiary/aromatic N) is 1. The molecule has 0 aliphatic rings. The molecule has 102 valence electrons. The Hall–Kier alpha value is -1.89. The first-order valence-electron chi connectivity index (χ1n) is 5.54. The Bertz CT molecular complexity index is 503. The molecule has 7 heteroatoms. The number of nitro groups is 1. The molecule has 1 unspecified atom stereocenters. The molecule has 0 aliphatic heterocycles. The van der Waals surface area contributed by atoms with Crippen LogP contribution in [0.1, 0.15) is 13.8 Å². The van der Waals surface area contributed by atoms with Gasteiger partial charge in [-0.1, -0.05) is 23.9 Å². The molecule has 0 aliphatic carbocycles. The van der Waals surface area contributed by atoms with Crippen LogP contribution in [0.15, 0.2) is 29.2 Å². The number of benzene rings is 1. The quantitative estimate of drug-likeness (QED) is 0.261. The number of carbonyl (C=O) groups is 2. The minimum absolute atomic E-state index is 0.136. The van der Waals surface area contributed by atoms with Gasteiger partial charge in [0.1, 0.15) is 0 Å². The Labute approximate surface area is 114 Å². The Balaban J connectivity index is 3.00. The summed E-state index contributed by atoms with van der Waals surface area (Å²) in [6, 6.07) is 5.95. The zero-order valence-corrected chi connectivity index (χ0v) is 11.3. The normalized spacial score (nSPS) is 11.7. The monoisotopic (exact) mass is 283 g/mol. The summed E-state index contributed by atoms with van der Waals surface area (Å²) in [5.74, 6) is -1.08. The van der Waals surface area contributed by atoms with Crippen LogP contribution in [0, 0.1) is 10.1 Å². The standard InChI is InChI=1S/C12H13NO5S/c1-3-18-12(15)11(8(2)14)19-10-7-5-4-6-9(10)13(16)17/h4-7,11H,3H2,1-2H3. The molecule has 6 nitrogen and oxygen atoms in total. The molecule has 0 saturated carbocycles. The van der Waals surface area contributed by atoms with E-state index in [1.54, 1.807) is 13.0 Å². The molecule has 19 heavy (non-hydrogen) atoms. The molecule has 1 aromatic rings. The fourth-order valence-corrected chi connectivity index (χ4v) is 2.35. The van der Waals surface area contributed by atoms with E-state index in [0.29, 0.717) is 0 Å². The summed E-state index contributed by atoms with van der Waals surface area (Å²) in [7, 11) is 0.